The molecule has 2 heterocycles. The monoisotopic (exact) mass is 481 g/mol. The predicted octanol–water partition coefficient (Wildman–Crippen LogP) is 3.50. The topological polar surface area (TPSA) is 79.0 Å². The third-order valence-electron chi connectivity index (χ3n) is 6.97. The van der Waals surface area contributed by atoms with Crippen LogP contribution in [0, 0.1) is 11.7 Å². The molecule has 2 aliphatic heterocycles. The fourth-order valence-electron chi connectivity index (χ4n) is 4.98. The molecule has 0 aliphatic carbocycles. The molecule has 1 unspecified atom stereocenters. The summed E-state index contributed by atoms with van der Waals surface area (Å²) in [6.07, 6.45) is 4.07. The molecule has 2 aromatic carbocycles. The summed E-state index contributed by atoms with van der Waals surface area (Å²) in [5.41, 5.74) is 0.426. The summed E-state index contributed by atoms with van der Waals surface area (Å²) < 4.78 is 19.6. The molecule has 0 radical (unpaired) electrons. The van der Waals surface area contributed by atoms with Gasteiger partial charge < -0.3 is 19.9 Å². The maximum atomic E-state index is 14.2. The third-order valence-corrected chi connectivity index (χ3v) is 6.97. The van der Waals surface area contributed by atoms with Crippen LogP contribution in [0.5, 0.6) is 5.75 Å². The highest BCUT2D eigenvalue weighted by Gasteiger charge is 2.37. The normalized spacial score (nSPS) is 17.5. The number of carbonyl (C=O) groups is 3. The predicted molar refractivity (Wildman–Crippen MR) is 130 cm³/mol. The number of likely N-dealkylation sites (tertiary alicyclic amines) is 2. The number of hydrogen-bond acceptors (Lipinski definition) is 4. The lowest BCUT2D eigenvalue weighted by molar-refractivity contribution is -0.136. The molecular formula is C27H32FN3O4. The first kappa shape index (κ1) is 24.7. The van der Waals surface area contributed by atoms with Gasteiger partial charge in [0.2, 0.25) is 5.91 Å². The van der Waals surface area contributed by atoms with Gasteiger partial charge in [0, 0.05) is 26.2 Å². The molecule has 7 nitrogen and oxygen atoms in total. The molecule has 0 spiro atoms. The summed E-state index contributed by atoms with van der Waals surface area (Å²) in [6.45, 7) is 2.24. The first-order valence-electron chi connectivity index (χ1n) is 12.3. The Morgan fingerprint density at radius 3 is 2.17 bits per heavy atom. The number of methoxy groups -OCH3 is 1. The van der Waals surface area contributed by atoms with Crippen molar-refractivity contribution in [3.05, 3.63) is 65.5 Å². The Morgan fingerprint density at radius 1 is 0.886 bits per heavy atom. The maximum absolute atomic E-state index is 14.2. The fraction of sp³-hybridized carbons (Fsp3) is 0.444. The highest BCUT2D eigenvalue weighted by atomic mass is 19.1. The van der Waals surface area contributed by atoms with Gasteiger partial charge in [0.25, 0.3) is 11.8 Å². The Hall–Kier alpha value is -3.42. The fourth-order valence-corrected chi connectivity index (χ4v) is 4.98. The van der Waals surface area contributed by atoms with Gasteiger partial charge >= 0.3 is 0 Å². The largest absolute Gasteiger partial charge is 0.496 e. The van der Waals surface area contributed by atoms with Crippen molar-refractivity contribution in [2.24, 2.45) is 5.92 Å². The van der Waals surface area contributed by atoms with Crippen LogP contribution in [0.15, 0.2) is 48.5 Å². The summed E-state index contributed by atoms with van der Waals surface area (Å²) >= 11 is 0. The molecule has 2 fully saturated rings. The van der Waals surface area contributed by atoms with Crippen molar-refractivity contribution >= 4 is 17.7 Å². The van der Waals surface area contributed by atoms with E-state index in [0.29, 0.717) is 50.3 Å². The zero-order valence-corrected chi connectivity index (χ0v) is 20.0. The van der Waals surface area contributed by atoms with Crippen molar-refractivity contribution in [1.29, 1.82) is 0 Å². The Bertz CT molecular complexity index is 1060. The molecule has 8 heteroatoms. The second-order valence-corrected chi connectivity index (χ2v) is 9.15. The third kappa shape index (κ3) is 5.63. The zero-order chi connectivity index (χ0) is 24.8. The van der Waals surface area contributed by atoms with E-state index in [1.54, 1.807) is 29.2 Å². The molecule has 0 saturated carbocycles. The number of benzene rings is 2. The summed E-state index contributed by atoms with van der Waals surface area (Å²) in [7, 11) is 1.54. The first-order chi connectivity index (χ1) is 17.0. The van der Waals surface area contributed by atoms with Crippen molar-refractivity contribution in [1.82, 2.24) is 15.1 Å². The van der Waals surface area contributed by atoms with Gasteiger partial charge in [0.15, 0.2) is 0 Å². The van der Waals surface area contributed by atoms with Crippen LogP contribution in [0.2, 0.25) is 0 Å². The molecule has 186 valence electrons. The molecule has 2 saturated heterocycles. The highest BCUT2D eigenvalue weighted by molar-refractivity contribution is 5.98. The van der Waals surface area contributed by atoms with Crippen molar-refractivity contribution < 1.29 is 23.5 Å². The van der Waals surface area contributed by atoms with Gasteiger partial charge in [-0.15, -0.1) is 0 Å². The van der Waals surface area contributed by atoms with Gasteiger partial charge in [0.1, 0.15) is 17.6 Å². The van der Waals surface area contributed by atoms with E-state index in [-0.39, 0.29) is 23.3 Å². The molecule has 2 aromatic rings. The molecular weight excluding hydrogens is 449 g/mol. The van der Waals surface area contributed by atoms with Crippen molar-refractivity contribution in [2.45, 2.75) is 38.1 Å². The first-order valence-corrected chi connectivity index (χ1v) is 12.3. The molecule has 3 amide bonds. The number of rotatable bonds is 6. The average molecular weight is 482 g/mol. The average Bonchev–Trinajstić information content (AvgIpc) is 2.91. The van der Waals surface area contributed by atoms with Crippen LogP contribution < -0.4 is 10.1 Å². The number of ether oxygens (including phenoxy) is 1. The van der Waals surface area contributed by atoms with E-state index >= 15 is 0 Å². The Labute approximate surface area is 205 Å². The Morgan fingerprint density at radius 2 is 1.51 bits per heavy atom. The number of nitrogens with zero attached hydrogens (tertiary/aromatic N) is 2. The lowest BCUT2D eigenvalue weighted by Crippen LogP contribution is -2.55. The number of hydrogen-bond donors (Lipinski definition) is 1. The molecule has 4 rings (SSSR count). The van der Waals surface area contributed by atoms with Crippen molar-refractivity contribution in [3.8, 4) is 5.75 Å². The quantitative estimate of drug-likeness (QED) is 0.685. The van der Waals surface area contributed by atoms with Gasteiger partial charge in [-0.1, -0.05) is 24.3 Å². The standard InChI is InChI=1S/C27H32FN3O4/c1-35-23-12-6-4-10-21(23)26(33)31-17-13-19(14-18-31)24(27(34)30-15-7-2-8-16-30)29-25(32)20-9-3-5-11-22(20)28/h3-6,9-12,19,24H,2,7-8,13-18H2,1H3,(H,29,32). The van der Waals surface area contributed by atoms with Gasteiger partial charge in [-0.3, -0.25) is 14.4 Å². The number of piperidine rings is 2. The molecule has 1 N–H and O–H groups in total. The molecule has 0 aromatic heterocycles. The van der Waals surface area contributed by atoms with E-state index in [9.17, 15) is 18.8 Å². The van der Waals surface area contributed by atoms with Crippen LogP contribution in [0.25, 0.3) is 0 Å². The van der Waals surface area contributed by atoms with Gasteiger partial charge in [-0.2, -0.15) is 0 Å². The second kappa shape index (κ2) is 11.3. The number of para-hydroxylation sites is 1. The van der Waals surface area contributed by atoms with Crippen molar-refractivity contribution in [3.63, 3.8) is 0 Å². The lowest BCUT2D eigenvalue weighted by atomic mass is 9.87. The SMILES string of the molecule is COc1ccccc1C(=O)N1CCC(C(NC(=O)c2ccccc2F)C(=O)N2CCCCC2)CC1. The Kier molecular flexibility index (Phi) is 8.00. The Balaban J connectivity index is 1.48. The van der Waals surface area contributed by atoms with E-state index < -0.39 is 17.8 Å². The van der Waals surface area contributed by atoms with Crippen LogP contribution in [-0.4, -0.2) is 66.9 Å². The summed E-state index contributed by atoms with van der Waals surface area (Å²) in [6, 6.07) is 12.1. The van der Waals surface area contributed by atoms with Gasteiger partial charge in [0.05, 0.1) is 18.2 Å². The second-order valence-electron chi connectivity index (χ2n) is 9.15. The summed E-state index contributed by atoms with van der Waals surface area (Å²) in [4.78, 5) is 43.1. The van der Waals surface area contributed by atoms with E-state index in [0.717, 1.165) is 19.3 Å². The van der Waals surface area contributed by atoms with E-state index in [1.165, 1.54) is 25.3 Å². The van der Waals surface area contributed by atoms with Crippen molar-refractivity contribution in [2.75, 3.05) is 33.3 Å². The van der Waals surface area contributed by atoms with Gasteiger partial charge in [-0.05, 0) is 62.3 Å². The summed E-state index contributed by atoms with van der Waals surface area (Å²) in [5, 5.41) is 2.84. The number of carbonyl (C=O) groups excluding carboxylic acids is 3. The van der Waals surface area contributed by atoms with Gasteiger partial charge in [-0.25, -0.2) is 4.39 Å². The molecule has 2 aliphatic rings. The lowest BCUT2D eigenvalue weighted by Gasteiger charge is -2.38. The maximum Gasteiger partial charge on any atom is 0.257 e. The zero-order valence-electron chi connectivity index (χ0n) is 20.0. The van der Waals surface area contributed by atoms with E-state index in [4.69, 9.17) is 4.74 Å². The number of nitrogens with one attached hydrogen (secondary N) is 1. The highest BCUT2D eigenvalue weighted by Crippen LogP contribution is 2.27. The van der Waals surface area contributed by atoms with Crippen LogP contribution in [0.4, 0.5) is 4.39 Å². The van der Waals surface area contributed by atoms with Crippen LogP contribution >= 0.6 is 0 Å². The summed E-state index contributed by atoms with van der Waals surface area (Å²) in [5.74, 6) is -1.08. The smallest absolute Gasteiger partial charge is 0.257 e. The molecule has 1 atom stereocenters. The van der Waals surface area contributed by atoms with Crippen LogP contribution in [0.1, 0.15) is 52.8 Å². The molecule has 35 heavy (non-hydrogen) atoms. The molecule has 0 bridgehead atoms. The van der Waals surface area contributed by atoms with Crippen LogP contribution in [-0.2, 0) is 4.79 Å². The van der Waals surface area contributed by atoms with Crippen LogP contribution in [0.3, 0.4) is 0 Å². The number of amides is 3. The minimum atomic E-state index is -0.760. The minimum Gasteiger partial charge on any atom is -0.496 e. The number of halogens is 1. The minimum absolute atomic E-state index is 0.0762. The van der Waals surface area contributed by atoms with E-state index in [2.05, 4.69) is 5.32 Å². The van der Waals surface area contributed by atoms with E-state index in [1.807, 2.05) is 11.0 Å².